The van der Waals surface area contributed by atoms with E-state index in [4.69, 9.17) is 27.7 Å². The first kappa shape index (κ1) is 14.2. The van der Waals surface area contributed by atoms with Crippen molar-refractivity contribution in [2.24, 2.45) is 0 Å². The summed E-state index contributed by atoms with van der Waals surface area (Å²) in [4.78, 5) is 8.45. The van der Waals surface area contributed by atoms with Gasteiger partial charge in [0, 0.05) is 12.2 Å². The Kier molecular flexibility index (Phi) is 4.39. The minimum absolute atomic E-state index is 0.0947. The van der Waals surface area contributed by atoms with Crippen LogP contribution < -0.4 is 5.32 Å². The minimum Gasteiger partial charge on any atom is -0.339 e. The van der Waals surface area contributed by atoms with Crippen molar-refractivity contribution in [3.63, 3.8) is 0 Å². The SMILES string of the molecule is CNC(C)C(C)c1nc(-c2ncc(Cl)cc2Cl)no1. The fourth-order valence-corrected chi connectivity index (χ4v) is 2.02. The molecule has 0 radical (unpaired) electrons. The molecule has 2 heterocycles. The summed E-state index contributed by atoms with van der Waals surface area (Å²) in [7, 11) is 1.88. The summed E-state index contributed by atoms with van der Waals surface area (Å²) in [5.74, 6) is 1.01. The highest BCUT2D eigenvalue weighted by Crippen LogP contribution is 2.27. The second-order valence-electron chi connectivity index (χ2n) is 4.31. The molecule has 2 aromatic heterocycles. The maximum atomic E-state index is 6.06. The molecule has 2 aromatic rings. The molecule has 5 nitrogen and oxygen atoms in total. The lowest BCUT2D eigenvalue weighted by atomic mass is 10.0. The first-order chi connectivity index (χ1) is 9.02. The van der Waals surface area contributed by atoms with Crippen LogP contribution in [-0.2, 0) is 0 Å². The number of nitrogens with zero attached hydrogens (tertiary/aromatic N) is 3. The average Bonchev–Trinajstić information content (AvgIpc) is 2.86. The number of likely N-dealkylation sites (N-methyl/N-ethyl adjacent to an activating group) is 1. The van der Waals surface area contributed by atoms with E-state index in [-0.39, 0.29) is 12.0 Å². The molecule has 2 unspecified atom stereocenters. The molecule has 0 bridgehead atoms. The quantitative estimate of drug-likeness (QED) is 0.939. The zero-order valence-corrected chi connectivity index (χ0v) is 12.3. The van der Waals surface area contributed by atoms with Gasteiger partial charge in [-0.15, -0.1) is 0 Å². The van der Waals surface area contributed by atoms with Gasteiger partial charge < -0.3 is 9.84 Å². The van der Waals surface area contributed by atoms with Crippen molar-refractivity contribution in [3.05, 3.63) is 28.2 Å². The van der Waals surface area contributed by atoms with Gasteiger partial charge in [-0.3, -0.25) is 0 Å². The van der Waals surface area contributed by atoms with Gasteiger partial charge in [-0.25, -0.2) is 4.98 Å². The van der Waals surface area contributed by atoms with Crippen molar-refractivity contribution >= 4 is 23.2 Å². The van der Waals surface area contributed by atoms with Crippen LogP contribution in [0.3, 0.4) is 0 Å². The van der Waals surface area contributed by atoms with E-state index in [2.05, 4.69) is 20.4 Å². The van der Waals surface area contributed by atoms with Crippen LogP contribution in [0.15, 0.2) is 16.8 Å². The largest absolute Gasteiger partial charge is 0.339 e. The lowest BCUT2D eigenvalue weighted by Gasteiger charge is -2.14. The summed E-state index contributed by atoms with van der Waals surface area (Å²) in [6, 6.07) is 1.82. The summed E-state index contributed by atoms with van der Waals surface area (Å²) < 4.78 is 5.26. The number of nitrogens with one attached hydrogen (secondary N) is 1. The van der Waals surface area contributed by atoms with Gasteiger partial charge >= 0.3 is 0 Å². The molecule has 0 saturated carbocycles. The summed E-state index contributed by atoms with van der Waals surface area (Å²) in [6.07, 6.45) is 1.50. The van der Waals surface area contributed by atoms with Crippen LogP contribution in [0.2, 0.25) is 10.0 Å². The summed E-state index contributed by atoms with van der Waals surface area (Å²) in [5, 5.41) is 7.92. The van der Waals surface area contributed by atoms with Crippen molar-refractivity contribution in [2.75, 3.05) is 7.05 Å². The Balaban J connectivity index is 2.30. The van der Waals surface area contributed by atoms with E-state index in [1.807, 2.05) is 20.9 Å². The van der Waals surface area contributed by atoms with Gasteiger partial charge in [0.1, 0.15) is 5.69 Å². The Morgan fingerprint density at radius 2 is 2.05 bits per heavy atom. The van der Waals surface area contributed by atoms with Crippen molar-refractivity contribution in [1.29, 1.82) is 0 Å². The Morgan fingerprint density at radius 3 is 2.68 bits per heavy atom. The maximum absolute atomic E-state index is 6.06. The smallest absolute Gasteiger partial charge is 0.231 e. The van der Waals surface area contributed by atoms with Crippen molar-refractivity contribution in [1.82, 2.24) is 20.4 Å². The fourth-order valence-electron chi connectivity index (χ4n) is 1.56. The van der Waals surface area contributed by atoms with Crippen LogP contribution in [0.4, 0.5) is 0 Å². The topological polar surface area (TPSA) is 63.8 Å². The van der Waals surface area contributed by atoms with E-state index in [1.165, 1.54) is 6.20 Å². The first-order valence-corrected chi connectivity index (χ1v) is 6.60. The Bertz CT molecular complexity index is 573. The molecule has 0 aliphatic rings. The standard InChI is InChI=1S/C12H14Cl2N4O/c1-6(7(2)15-3)12-17-11(18-19-12)10-9(14)4-8(13)5-16-10/h4-7,15H,1-3H3. The molecule has 0 spiro atoms. The number of aromatic nitrogens is 3. The van der Waals surface area contributed by atoms with Gasteiger partial charge in [-0.1, -0.05) is 35.3 Å². The molecule has 0 aliphatic heterocycles. The summed E-state index contributed by atoms with van der Waals surface area (Å²) in [5.41, 5.74) is 0.463. The van der Waals surface area contributed by atoms with Crippen molar-refractivity contribution in [3.8, 4) is 11.5 Å². The number of halogens is 2. The van der Waals surface area contributed by atoms with Crippen LogP contribution >= 0.6 is 23.2 Å². The van der Waals surface area contributed by atoms with Crippen LogP contribution in [-0.4, -0.2) is 28.2 Å². The van der Waals surface area contributed by atoms with Crippen LogP contribution in [0.1, 0.15) is 25.7 Å². The Hall–Kier alpha value is -1.17. The van der Waals surface area contributed by atoms with Gasteiger partial charge in [0.15, 0.2) is 0 Å². The second-order valence-corrected chi connectivity index (χ2v) is 5.15. The van der Waals surface area contributed by atoms with Gasteiger partial charge in [0.2, 0.25) is 11.7 Å². The minimum atomic E-state index is 0.0947. The third-order valence-electron chi connectivity index (χ3n) is 3.06. The molecule has 7 heteroatoms. The molecule has 0 fully saturated rings. The second kappa shape index (κ2) is 5.86. The third kappa shape index (κ3) is 3.05. The van der Waals surface area contributed by atoms with E-state index in [1.54, 1.807) is 6.07 Å². The van der Waals surface area contributed by atoms with Gasteiger partial charge in [-0.05, 0) is 20.0 Å². The molecule has 19 heavy (non-hydrogen) atoms. The number of rotatable bonds is 4. The van der Waals surface area contributed by atoms with Crippen LogP contribution in [0, 0.1) is 0 Å². The molecule has 0 amide bonds. The maximum Gasteiger partial charge on any atom is 0.231 e. The van der Waals surface area contributed by atoms with E-state index >= 15 is 0 Å². The predicted octanol–water partition coefficient (Wildman–Crippen LogP) is 3.15. The van der Waals surface area contributed by atoms with Gasteiger partial charge in [-0.2, -0.15) is 4.98 Å². The Labute approximate surface area is 121 Å². The highest BCUT2D eigenvalue weighted by atomic mass is 35.5. The number of pyridine rings is 1. The van der Waals surface area contributed by atoms with E-state index in [0.29, 0.717) is 27.5 Å². The molecule has 0 aliphatic carbocycles. The number of hydrogen-bond acceptors (Lipinski definition) is 5. The average molecular weight is 301 g/mol. The van der Waals surface area contributed by atoms with E-state index in [0.717, 1.165) is 0 Å². The number of hydrogen-bond donors (Lipinski definition) is 1. The zero-order chi connectivity index (χ0) is 14.0. The Morgan fingerprint density at radius 1 is 1.32 bits per heavy atom. The molecule has 0 saturated heterocycles. The van der Waals surface area contributed by atoms with Gasteiger partial charge in [0.25, 0.3) is 0 Å². The molecule has 1 N–H and O–H groups in total. The molecule has 0 aromatic carbocycles. The van der Waals surface area contributed by atoms with E-state index < -0.39 is 0 Å². The monoisotopic (exact) mass is 300 g/mol. The highest BCUT2D eigenvalue weighted by Gasteiger charge is 2.21. The fraction of sp³-hybridized carbons (Fsp3) is 0.417. The van der Waals surface area contributed by atoms with Gasteiger partial charge in [0.05, 0.1) is 16.0 Å². The van der Waals surface area contributed by atoms with E-state index in [9.17, 15) is 0 Å². The van der Waals surface area contributed by atoms with Crippen LogP contribution in [0.25, 0.3) is 11.5 Å². The van der Waals surface area contributed by atoms with Crippen molar-refractivity contribution in [2.45, 2.75) is 25.8 Å². The predicted molar refractivity (Wildman–Crippen MR) is 74.5 cm³/mol. The molecular formula is C12H14Cl2N4O. The highest BCUT2D eigenvalue weighted by molar-refractivity contribution is 6.35. The first-order valence-electron chi connectivity index (χ1n) is 5.85. The lowest BCUT2D eigenvalue weighted by molar-refractivity contribution is 0.336. The summed E-state index contributed by atoms with van der Waals surface area (Å²) in [6.45, 7) is 4.05. The van der Waals surface area contributed by atoms with Crippen LogP contribution in [0.5, 0.6) is 0 Å². The molecule has 2 rings (SSSR count). The zero-order valence-electron chi connectivity index (χ0n) is 10.8. The molecule has 2 atom stereocenters. The van der Waals surface area contributed by atoms with Crippen molar-refractivity contribution < 1.29 is 4.52 Å². The normalized spacial score (nSPS) is 14.4. The third-order valence-corrected chi connectivity index (χ3v) is 3.55. The molecule has 102 valence electrons. The summed E-state index contributed by atoms with van der Waals surface area (Å²) >= 11 is 11.9. The lowest BCUT2D eigenvalue weighted by Crippen LogP contribution is -2.27. The molecular weight excluding hydrogens is 287 g/mol.